The molecule has 1 heterocycles. The molecule has 8 nitrogen and oxygen atoms in total. The largest absolute Gasteiger partial charge is 0.493 e. The summed E-state index contributed by atoms with van der Waals surface area (Å²) < 4.78 is 13.7. The van der Waals surface area contributed by atoms with Crippen LogP contribution < -0.4 is 26.0 Å². The molecule has 0 radical (unpaired) electrons. The van der Waals surface area contributed by atoms with Crippen molar-refractivity contribution < 1.29 is 14.3 Å². The molecule has 0 spiro atoms. The Morgan fingerprint density at radius 2 is 1.42 bits per heavy atom. The highest BCUT2D eigenvalue weighted by Gasteiger charge is 2.18. The van der Waals surface area contributed by atoms with Gasteiger partial charge in [-0.05, 0) is 49.6 Å². The molecule has 3 aromatic carbocycles. The molecule has 4 aromatic rings. The van der Waals surface area contributed by atoms with E-state index in [1.807, 2.05) is 45.0 Å². The maximum Gasteiger partial charge on any atom is 0.332 e. The van der Waals surface area contributed by atoms with E-state index in [9.17, 15) is 14.4 Å². The first-order valence-corrected chi connectivity index (χ1v) is 12.6. The Bertz CT molecular complexity index is 1570. The molecule has 198 valence electrons. The number of nitrogens with zero attached hydrogens (tertiary/aromatic N) is 2. The fourth-order valence-corrected chi connectivity index (χ4v) is 4.27. The van der Waals surface area contributed by atoms with Gasteiger partial charge in [-0.2, -0.15) is 0 Å². The topological polar surface area (TPSA) is 91.6 Å². The minimum atomic E-state index is -0.436. The first kappa shape index (κ1) is 26.7. The number of carbonyl (C=O) groups is 1. The van der Waals surface area contributed by atoms with E-state index in [0.717, 1.165) is 23.1 Å². The first-order valence-electron chi connectivity index (χ1n) is 12.6. The minimum Gasteiger partial charge on any atom is -0.493 e. The monoisotopic (exact) mass is 515 g/mol. The van der Waals surface area contributed by atoms with Crippen LogP contribution in [0.25, 0.3) is 10.9 Å². The van der Waals surface area contributed by atoms with Gasteiger partial charge in [0.2, 0.25) is 0 Å². The number of benzene rings is 3. The van der Waals surface area contributed by atoms with Crippen molar-refractivity contribution in [3.8, 4) is 11.5 Å². The van der Waals surface area contributed by atoms with Crippen molar-refractivity contribution in [2.24, 2.45) is 0 Å². The smallest absolute Gasteiger partial charge is 0.332 e. The summed E-state index contributed by atoms with van der Waals surface area (Å²) in [5.74, 6) is 0.677. The fourth-order valence-electron chi connectivity index (χ4n) is 4.27. The SMILES string of the molecule is CCC(C)NC(=O)c1ccc(Cn2c(=O)c3cc(OC)c(OC)cc3n(Cc3ccc(C)cc3)c2=O)cc1. The van der Waals surface area contributed by atoms with E-state index in [2.05, 4.69) is 5.32 Å². The van der Waals surface area contributed by atoms with Gasteiger partial charge in [0, 0.05) is 17.7 Å². The van der Waals surface area contributed by atoms with Crippen LogP contribution >= 0.6 is 0 Å². The second kappa shape index (κ2) is 11.4. The Kier molecular flexibility index (Phi) is 8.00. The van der Waals surface area contributed by atoms with Crippen molar-refractivity contribution in [3.63, 3.8) is 0 Å². The maximum absolute atomic E-state index is 13.8. The predicted molar refractivity (Wildman–Crippen MR) is 149 cm³/mol. The Balaban J connectivity index is 1.80. The lowest BCUT2D eigenvalue weighted by atomic mass is 10.1. The van der Waals surface area contributed by atoms with Crippen LogP contribution in [-0.2, 0) is 13.1 Å². The minimum absolute atomic E-state index is 0.0586. The molecule has 1 atom stereocenters. The average molecular weight is 516 g/mol. The lowest BCUT2D eigenvalue weighted by Crippen LogP contribution is -2.40. The molecule has 1 aromatic heterocycles. The van der Waals surface area contributed by atoms with Gasteiger partial charge in [-0.1, -0.05) is 48.9 Å². The van der Waals surface area contributed by atoms with Crippen LogP contribution in [-0.4, -0.2) is 35.3 Å². The van der Waals surface area contributed by atoms with Gasteiger partial charge in [0.15, 0.2) is 11.5 Å². The number of aromatic nitrogens is 2. The van der Waals surface area contributed by atoms with Gasteiger partial charge < -0.3 is 14.8 Å². The third-order valence-electron chi connectivity index (χ3n) is 6.74. The molecular formula is C30H33N3O5. The summed E-state index contributed by atoms with van der Waals surface area (Å²) in [6.45, 7) is 6.29. The molecule has 0 aliphatic rings. The van der Waals surface area contributed by atoms with E-state index in [-0.39, 0.29) is 25.0 Å². The van der Waals surface area contributed by atoms with Gasteiger partial charge in [0.25, 0.3) is 11.5 Å². The maximum atomic E-state index is 13.8. The summed E-state index contributed by atoms with van der Waals surface area (Å²) in [6, 6.07) is 18.2. The summed E-state index contributed by atoms with van der Waals surface area (Å²) in [6.07, 6.45) is 0.834. The van der Waals surface area contributed by atoms with Gasteiger partial charge in [-0.25, -0.2) is 4.79 Å². The number of fused-ring (bicyclic) bond motifs is 1. The normalized spacial score (nSPS) is 11.8. The van der Waals surface area contributed by atoms with E-state index >= 15 is 0 Å². The molecule has 0 bridgehead atoms. The average Bonchev–Trinajstić information content (AvgIpc) is 2.93. The Labute approximate surface area is 221 Å². The second-order valence-electron chi connectivity index (χ2n) is 9.45. The standard InChI is InChI=1S/C30H33N3O5/c1-6-20(3)31-28(34)23-13-11-22(12-14-23)18-33-29(35)24-15-26(37-4)27(38-5)16-25(24)32(30(33)36)17-21-9-7-19(2)8-10-21/h7-16,20H,6,17-18H2,1-5H3,(H,31,34). The molecular weight excluding hydrogens is 482 g/mol. The summed E-state index contributed by atoms with van der Waals surface area (Å²) in [7, 11) is 3.02. The molecule has 0 aliphatic heterocycles. The van der Waals surface area contributed by atoms with Crippen molar-refractivity contribution in [2.45, 2.75) is 46.3 Å². The molecule has 1 N–H and O–H groups in total. The van der Waals surface area contributed by atoms with Gasteiger partial charge in [-0.15, -0.1) is 0 Å². The number of amides is 1. The van der Waals surface area contributed by atoms with Crippen LogP contribution in [0, 0.1) is 6.92 Å². The van der Waals surface area contributed by atoms with Crippen molar-refractivity contribution >= 4 is 16.8 Å². The molecule has 0 saturated carbocycles. The van der Waals surface area contributed by atoms with Gasteiger partial charge in [0.1, 0.15) is 0 Å². The highest BCUT2D eigenvalue weighted by atomic mass is 16.5. The lowest BCUT2D eigenvalue weighted by molar-refractivity contribution is 0.0939. The zero-order valence-corrected chi connectivity index (χ0v) is 22.4. The molecule has 38 heavy (non-hydrogen) atoms. The van der Waals surface area contributed by atoms with E-state index in [4.69, 9.17) is 9.47 Å². The van der Waals surface area contributed by atoms with Crippen molar-refractivity contribution in [1.29, 1.82) is 0 Å². The quantitative estimate of drug-likeness (QED) is 0.362. The Morgan fingerprint density at radius 3 is 2.00 bits per heavy atom. The van der Waals surface area contributed by atoms with Crippen molar-refractivity contribution in [3.05, 3.63) is 104 Å². The number of methoxy groups -OCH3 is 2. The zero-order valence-electron chi connectivity index (χ0n) is 22.4. The van der Waals surface area contributed by atoms with E-state index in [1.165, 1.54) is 18.8 Å². The number of hydrogen-bond acceptors (Lipinski definition) is 5. The lowest BCUT2D eigenvalue weighted by Gasteiger charge is -2.17. The van der Waals surface area contributed by atoms with E-state index in [1.54, 1.807) is 41.0 Å². The third kappa shape index (κ3) is 5.49. The predicted octanol–water partition coefficient (Wildman–Crippen LogP) is 4.11. The van der Waals surface area contributed by atoms with Crippen LogP contribution in [0.3, 0.4) is 0 Å². The number of rotatable bonds is 9. The van der Waals surface area contributed by atoms with Gasteiger partial charge >= 0.3 is 5.69 Å². The highest BCUT2D eigenvalue weighted by Crippen LogP contribution is 2.30. The van der Waals surface area contributed by atoms with Crippen LogP contribution in [0.1, 0.15) is 47.3 Å². The molecule has 4 rings (SSSR count). The molecule has 0 aliphatic carbocycles. The molecule has 0 fully saturated rings. The number of aryl methyl sites for hydroxylation is 1. The highest BCUT2D eigenvalue weighted by molar-refractivity contribution is 5.94. The number of hydrogen-bond donors (Lipinski definition) is 1. The van der Waals surface area contributed by atoms with Crippen LogP contribution in [0.4, 0.5) is 0 Å². The molecule has 1 unspecified atom stereocenters. The molecule has 1 amide bonds. The van der Waals surface area contributed by atoms with E-state index < -0.39 is 11.2 Å². The van der Waals surface area contributed by atoms with Gasteiger partial charge in [-0.3, -0.25) is 18.7 Å². The summed E-state index contributed by atoms with van der Waals surface area (Å²) >= 11 is 0. The first-order chi connectivity index (χ1) is 18.2. The molecule has 8 heteroatoms. The third-order valence-corrected chi connectivity index (χ3v) is 6.74. The second-order valence-corrected chi connectivity index (χ2v) is 9.45. The van der Waals surface area contributed by atoms with Gasteiger partial charge in [0.05, 0.1) is 38.2 Å². The van der Waals surface area contributed by atoms with Crippen LogP contribution in [0.5, 0.6) is 11.5 Å². The van der Waals surface area contributed by atoms with Crippen molar-refractivity contribution in [1.82, 2.24) is 14.5 Å². The van der Waals surface area contributed by atoms with Crippen LogP contribution in [0.15, 0.2) is 70.3 Å². The summed E-state index contributed by atoms with van der Waals surface area (Å²) in [5, 5.41) is 3.28. The van der Waals surface area contributed by atoms with E-state index in [0.29, 0.717) is 28.0 Å². The zero-order chi connectivity index (χ0) is 27.4. The Morgan fingerprint density at radius 1 is 0.868 bits per heavy atom. The fraction of sp³-hybridized carbons (Fsp3) is 0.300. The summed E-state index contributed by atoms with van der Waals surface area (Å²) in [5.41, 5.74) is 2.89. The van der Waals surface area contributed by atoms with Crippen molar-refractivity contribution in [2.75, 3.05) is 14.2 Å². The number of ether oxygens (including phenoxy) is 2. The molecule has 0 saturated heterocycles. The number of nitrogens with one attached hydrogen (secondary N) is 1. The van der Waals surface area contributed by atoms with Crippen LogP contribution in [0.2, 0.25) is 0 Å². The Hall–Kier alpha value is -4.33. The summed E-state index contributed by atoms with van der Waals surface area (Å²) in [4.78, 5) is 39.8. The number of carbonyl (C=O) groups excluding carboxylic acids is 1.